The maximum absolute atomic E-state index is 13.5. The Labute approximate surface area is 138 Å². The van der Waals surface area contributed by atoms with Crippen LogP contribution in [0.15, 0.2) is 29.3 Å². The summed E-state index contributed by atoms with van der Waals surface area (Å²) in [4.78, 5) is 6.66. The molecule has 0 heterocycles. The van der Waals surface area contributed by atoms with Crippen molar-refractivity contribution >= 4 is 5.96 Å². The van der Waals surface area contributed by atoms with Crippen molar-refractivity contribution in [2.75, 3.05) is 46.9 Å². The molecule has 1 unspecified atom stereocenters. The SMILES string of the molecule is CCNC(=NCC(c1cccc(F)c1)N(C)C)NCCOCC. The lowest BCUT2D eigenvalue weighted by Crippen LogP contribution is -2.39. The van der Waals surface area contributed by atoms with Crippen molar-refractivity contribution in [3.63, 3.8) is 0 Å². The summed E-state index contributed by atoms with van der Waals surface area (Å²) in [6.45, 7) is 7.37. The molecule has 1 aromatic carbocycles. The molecule has 0 saturated carbocycles. The number of guanidine groups is 1. The van der Waals surface area contributed by atoms with Gasteiger partial charge in [-0.2, -0.15) is 0 Å². The highest BCUT2D eigenvalue weighted by atomic mass is 19.1. The van der Waals surface area contributed by atoms with Gasteiger partial charge in [-0.3, -0.25) is 4.99 Å². The van der Waals surface area contributed by atoms with Crippen molar-refractivity contribution in [1.82, 2.24) is 15.5 Å². The molecule has 0 aliphatic carbocycles. The summed E-state index contributed by atoms with van der Waals surface area (Å²) in [7, 11) is 3.95. The van der Waals surface area contributed by atoms with Crippen molar-refractivity contribution in [3.05, 3.63) is 35.6 Å². The monoisotopic (exact) mass is 324 g/mol. The minimum atomic E-state index is -0.222. The van der Waals surface area contributed by atoms with Gasteiger partial charge in [0.25, 0.3) is 0 Å². The molecule has 1 aromatic rings. The van der Waals surface area contributed by atoms with Gasteiger partial charge < -0.3 is 20.3 Å². The van der Waals surface area contributed by atoms with Gasteiger partial charge in [-0.15, -0.1) is 0 Å². The Morgan fingerprint density at radius 1 is 1.30 bits per heavy atom. The predicted molar refractivity (Wildman–Crippen MR) is 93.3 cm³/mol. The zero-order valence-corrected chi connectivity index (χ0v) is 14.6. The van der Waals surface area contributed by atoms with E-state index in [9.17, 15) is 4.39 Å². The van der Waals surface area contributed by atoms with Crippen LogP contribution in [0.5, 0.6) is 0 Å². The Morgan fingerprint density at radius 3 is 2.70 bits per heavy atom. The van der Waals surface area contributed by atoms with E-state index in [0.29, 0.717) is 26.3 Å². The van der Waals surface area contributed by atoms with Crippen LogP contribution in [-0.4, -0.2) is 57.8 Å². The van der Waals surface area contributed by atoms with E-state index in [1.807, 2.05) is 38.9 Å². The first kappa shape index (κ1) is 19.4. The van der Waals surface area contributed by atoms with Crippen LogP contribution >= 0.6 is 0 Å². The maximum Gasteiger partial charge on any atom is 0.191 e. The number of rotatable bonds is 9. The maximum atomic E-state index is 13.5. The number of nitrogens with zero attached hydrogens (tertiary/aromatic N) is 2. The number of halogens is 1. The van der Waals surface area contributed by atoms with Gasteiger partial charge in [0.1, 0.15) is 5.82 Å². The number of aliphatic imine (C=N–C) groups is 1. The van der Waals surface area contributed by atoms with E-state index in [1.165, 1.54) is 6.07 Å². The third-order valence-electron chi connectivity index (χ3n) is 3.37. The molecule has 1 atom stereocenters. The summed E-state index contributed by atoms with van der Waals surface area (Å²) >= 11 is 0. The van der Waals surface area contributed by atoms with Crippen LogP contribution in [0.2, 0.25) is 0 Å². The molecular weight excluding hydrogens is 295 g/mol. The minimum absolute atomic E-state index is 0.0213. The average molecular weight is 324 g/mol. The summed E-state index contributed by atoms with van der Waals surface area (Å²) in [5, 5.41) is 6.44. The number of likely N-dealkylation sites (N-methyl/N-ethyl adjacent to an activating group) is 1. The van der Waals surface area contributed by atoms with Gasteiger partial charge in [-0.25, -0.2) is 4.39 Å². The Bertz CT molecular complexity index is 479. The lowest BCUT2D eigenvalue weighted by atomic mass is 10.1. The molecular formula is C17H29FN4O. The molecule has 0 saturated heterocycles. The highest BCUT2D eigenvalue weighted by Gasteiger charge is 2.14. The second-order valence-electron chi connectivity index (χ2n) is 5.38. The molecule has 23 heavy (non-hydrogen) atoms. The summed E-state index contributed by atoms with van der Waals surface area (Å²) in [5.41, 5.74) is 0.920. The molecule has 6 heteroatoms. The smallest absolute Gasteiger partial charge is 0.191 e. The molecule has 0 aliphatic rings. The lowest BCUT2D eigenvalue weighted by Gasteiger charge is -2.23. The quantitative estimate of drug-likeness (QED) is 0.414. The predicted octanol–water partition coefficient (Wildman–Crippen LogP) is 2.02. The average Bonchev–Trinajstić information content (AvgIpc) is 2.51. The standard InChI is InChI=1S/C17H29FN4O/c1-5-19-17(20-10-11-23-6-2)21-13-16(22(3)4)14-8-7-9-15(18)12-14/h7-9,12,16H,5-6,10-11,13H2,1-4H3,(H2,19,20,21). The van der Waals surface area contributed by atoms with E-state index in [2.05, 4.69) is 15.6 Å². The van der Waals surface area contributed by atoms with Crippen LogP contribution in [0.25, 0.3) is 0 Å². The fourth-order valence-corrected chi connectivity index (χ4v) is 2.19. The van der Waals surface area contributed by atoms with E-state index >= 15 is 0 Å². The van der Waals surface area contributed by atoms with Crippen LogP contribution in [0.1, 0.15) is 25.5 Å². The van der Waals surface area contributed by atoms with Gasteiger partial charge in [0.2, 0.25) is 0 Å². The molecule has 2 N–H and O–H groups in total. The Hall–Kier alpha value is -1.66. The fraction of sp³-hybridized carbons (Fsp3) is 0.588. The van der Waals surface area contributed by atoms with Crippen molar-refractivity contribution in [2.45, 2.75) is 19.9 Å². The van der Waals surface area contributed by atoms with Crippen LogP contribution in [-0.2, 0) is 4.74 Å². The summed E-state index contributed by atoms with van der Waals surface area (Å²) in [5.74, 6) is 0.524. The summed E-state index contributed by atoms with van der Waals surface area (Å²) in [6.07, 6.45) is 0. The van der Waals surface area contributed by atoms with Gasteiger partial charge in [0.05, 0.1) is 19.2 Å². The fourth-order valence-electron chi connectivity index (χ4n) is 2.19. The number of nitrogens with one attached hydrogen (secondary N) is 2. The second-order valence-corrected chi connectivity index (χ2v) is 5.38. The first-order valence-electron chi connectivity index (χ1n) is 8.10. The first-order chi connectivity index (χ1) is 11.1. The first-order valence-corrected chi connectivity index (χ1v) is 8.10. The molecule has 0 aromatic heterocycles. The van der Waals surface area contributed by atoms with Gasteiger partial charge >= 0.3 is 0 Å². The van der Waals surface area contributed by atoms with Crippen LogP contribution in [0.4, 0.5) is 4.39 Å². The van der Waals surface area contributed by atoms with Crippen LogP contribution in [0.3, 0.4) is 0 Å². The molecule has 0 fully saturated rings. The summed E-state index contributed by atoms with van der Waals surface area (Å²) in [6, 6.07) is 6.71. The molecule has 5 nitrogen and oxygen atoms in total. The normalized spacial score (nSPS) is 13.2. The third-order valence-corrected chi connectivity index (χ3v) is 3.37. The zero-order valence-electron chi connectivity index (χ0n) is 14.6. The molecule has 0 bridgehead atoms. The molecule has 1 rings (SSSR count). The largest absolute Gasteiger partial charge is 0.380 e. The van der Waals surface area contributed by atoms with Gasteiger partial charge in [0.15, 0.2) is 5.96 Å². The van der Waals surface area contributed by atoms with Crippen molar-refractivity contribution in [1.29, 1.82) is 0 Å². The zero-order chi connectivity index (χ0) is 17.1. The number of hydrogen-bond acceptors (Lipinski definition) is 3. The van der Waals surface area contributed by atoms with Gasteiger partial charge in [-0.1, -0.05) is 12.1 Å². The summed E-state index contributed by atoms with van der Waals surface area (Å²) < 4.78 is 18.8. The molecule has 0 radical (unpaired) electrons. The van der Waals surface area contributed by atoms with Gasteiger partial charge in [0, 0.05) is 19.7 Å². The highest BCUT2D eigenvalue weighted by molar-refractivity contribution is 5.79. The van der Waals surface area contributed by atoms with Crippen molar-refractivity contribution < 1.29 is 9.13 Å². The highest BCUT2D eigenvalue weighted by Crippen LogP contribution is 2.19. The van der Waals surface area contributed by atoms with Crippen molar-refractivity contribution in [2.24, 2.45) is 4.99 Å². The topological polar surface area (TPSA) is 48.9 Å². The van der Waals surface area contributed by atoms with Crippen LogP contribution < -0.4 is 10.6 Å². The van der Waals surface area contributed by atoms with Crippen molar-refractivity contribution in [3.8, 4) is 0 Å². The van der Waals surface area contributed by atoms with E-state index in [-0.39, 0.29) is 11.9 Å². The van der Waals surface area contributed by atoms with Crippen LogP contribution in [0, 0.1) is 5.82 Å². The molecule has 0 amide bonds. The van der Waals surface area contributed by atoms with Gasteiger partial charge in [-0.05, 0) is 45.6 Å². The van der Waals surface area contributed by atoms with E-state index in [4.69, 9.17) is 4.74 Å². The Balaban J connectivity index is 2.72. The Morgan fingerprint density at radius 2 is 2.09 bits per heavy atom. The number of ether oxygens (including phenoxy) is 1. The minimum Gasteiger partial charge on any atom is -0.380 e. The molecule has 0 aliphatic heterocycles. The second kappa shape index (κ2) is 11.0. The van der Waals surface area contributed by atoms with E-state index in [1.54, 1.807) is 12.1 Å². The molecule has 130 valence electrons. The number of hydrogen-bond donors (Lipinski definition) is 2. The Kier molecular flexibility index (Phi) is 9.24. The van der Waals surface area contributed by atoms with E-state index in [0.717, 1.165) is 18.1 Å². The lowest BCUT2D eigenvalue weighted by molar-refractivity contribution is 0.152. The third kappa shape index (κ3) is 7.43. The van der Waals surface area contributed by atoms with E-state index < -0.39 is 0 Å². The number of benzene rings is 1. The molecule has 0 spiro atoms.